The average molecular weight is 228 g/mol. The number of benzene rings is 1. The van der Waals surface area contributed by atoms with Crippen LogP contribution in [0.1, 0.15) is 25.3 Å². The van der Waals surface area contributed by atoms with Crippen molar-refractivity contribution in [1.29, 1.82) is 0 Å². The number of rotatable bonds is 3. The van der Waals surface area contributed by atoms with Gasteiger partial charge in [-0.25, -0.2) is 4.39 Å². The van der Waals surface area contributed by atoms with Gasteiger partial charge in [-0.1, -0.05) is 23.7 Å². The average Bonchev–Trinajstić information content (AvgIpc) is 2.94. The minimum atomic E-state index is -0.286. The van der Waals surface area contributed by atoms with Crippen molar-refractivity contribution in [2.24, 2.45) is 11.1 Å². The molecule has 1 aromatic rings. The van der Waals surface area contributed by atoms with Gasteiger partial charge in [-0.2, -0.15) is 0 Å². The monoisotopic (exact) mass is 227 g/mol. The first-order valence-corrected chi connectivity index (χ1v) is 5.61. The van der Waals surface area contributed by atoms with Gasteiger partial charge in [-0.05, 0) is 43.2 Å². The van der Waals surface area contributed by atoms with Crippen LogP contribution in [0.2, 0.25) is 5.02 Å². The van der Waals surface area contributed by atoms with E-state index in [2.05, 4.69) is 0 Å². The lowest BCUT2D eigenvalue weighted by atomic mass is 9.90. The summed E-state index contributed by atoms with van der Waals surface area (Å²) in [6.07, 6.45) is 2.89. The van der Waals surface area contributed by atoms with Crippen LogP contribution >= 0.6 is 11.6 Å². The Balaban J connectivity index is 2.22. The van der Waals surface area contributed by atoms with E-state index in [9.17, 15) is 4.39 Å². The smallest absolute Gasteiger partial charge is 0.144 e. The summed E-state index contributed by atoms with van der Waals surface area (Å²) in [5.74, 6) is -0.286. The zero-order valence-electron chi connectivity index (χ0n) is 8.76. The molecular weight excluding hydrogens is 213 g/mol. The Kier molecular flexibility index (Phi) is 2.73. The predicted molar refractivity (Wildman–Crippen MR) is 60.4 cm³/mol. The molecule has 1 aliphatic rings. The maximum atomic E-state index is 13.7. The van der Waals surface area contributed by atoms with Gasteiger partial charge in [0.05, 0.1) is 5.02 Å². The van der Waals surface area contributed by atoms with Crippen molar-refractivity contribution in [2.45, 2.75) is 32.2 Å². The molecule has 0 saturated heterocycles. The Morgan fingerprint density at radius 3 is 2.73 bits per heavy atom. The molecule has 2 rings (SSSR count). The van der Waals surface area contributed by atoms with E-state index >= 15 is 0 Å². The van der Waals surface area contributed by atoms with Crippen LogP contribution in [0.15, 0.2) is 18.2 Å². The van der Waals surface area contributed by atoms with Crippen molar-refractivity contribution in [3.8, 4) is 0 Å². The summed E-state index contributed by atoms with van der Waals surface area (Å²) < 4.78 is 13.7. The second-order valence-corrected chi connectivity index (χ2v) is 4.95. The molecule has 1 fully saturated rings. The van der Waals surface area contributed by atoms with E-state index in [1.807, 2.05) is 6.92 Å². The molecule has 0 aliphatic heterocycles. The van der Waals surface area contributed by atoms with Gasteiger partial charge in [0.2, 0.25) is 0 Å². The molecule has 15 heavy (non-hydrogen) atoms. The molecule has 1 atom stereocenters. The minimum absolute atomic E-state index is 0.117. The molecule has 0 aromatic heterocycles. The van der Waals surface area contributed by atoms with Gasteiger partial charge >= 0.3 is 0 Å². The molecule has 0 amide bonds. The highest BCUT2D eigenvalue weighted by atomic mass is 35.5. The van der Waals surface area contributed by atoms with Crippen LogP contribution in [0, 0.1) is 11.2 Å². The molecule has 1 unspecified atom stereocenters. The first kappa shape index (κ1) is 10.9. The fourth-order valence-corrected chi connectivity index (χ4v) is 2.21. The normalized spacial score (nSPS) is 20.0. The molecule has 1 nitrogen and oxygen atoms in total. The largest absolute Gasteiger partial charge is 0.327 e. The third-order valence-electron chi connectivity index (χ3n) is 3.43. The van der Waals surface area contributed by atoms with Gasteiger partial charge in [0.25, 0.3) is 0 Å². The van der Waals surface area contributed by atoms with E-state index in [-0.39, 0.29) is 22.3 Å². The lowest BCUT2D eigenvalue weighted by Crippen LogP contribution is -2.30. The molecule has 1 aliphatic carbocycles. The Bertz CT molecular complexity index is 372. The fraction of sp³-hybridized carbons (Fsp3) is 0.500. The van der Waals surface area contributed by atoms with Gasteiger partial charge in [0.1, 0.15) is 5.82 Å². The molecular formula is C12H15ClFN. The second kappa shape index (κ2) is 3.76. The lowest BCUT2D eigenvalue weighted by molar-refractivity contribution is 0.411. The first-order chi connectivity index (χ1) is 7.05. The number of halogens is 2. The predicted octanol–water partition coefficient (Wildman–Crippen LogP) is 3.15. The maximum Gasteiger partial charge on any atom is 0.144 e. The lowest BCUT2D eigenvalue weighted by Gasteiger charge is -2.19. The van der Waals surface area contributed by atoms with Crippen LogP contribution < -0.4 is 5.73 Å². The van der Waals surface area contributed by atoms with Crippen LogP contribution in [0.3, 0.4) is 0 Å². The zero-order chi connectivity index (χ0) is 11.1. The summed E-state index contributed by atoms with van der Waals surface area (Å²) >= 11 is 5.74. The SMILES string of the molecule is CC(N)C1(Cc2cccc(Cl)c2F)CC1. The van der Waals surface area contributed by atoms with Crippen LogP contribution in [0.5, 0.6) is 0 Å². The summed E-state index contributed by atoms with van der Waals surface area (Å²) in [5, 5.41) is 0.202. The van der Waals surface area contributed by atoms with E-state index in [1.165, 1.54) is 0 Å². The molecule has 2 N–H and O–H groups in total. The second-order valence-electron chi connectivity index (χ2n) is 4.54. The standard InChI is InChI=1S/C12H15ClFN/c1-8(15)12(5-6-12)7-9-3-2-4-10(13)11(9)14/h2-4,8H,5-7,15H2,1H3. The Morgan fingerprint density at radius 1 is 1.53 bits per heavy atom. The van der Waals surface area contributed by atoms with Gasteiger partial charge in [0.15, 0.2) is 0 Å². The van der Waals surface area contributed by atoms with Crippen molar-refractivity contribution >= 4 is 11.6 Å². The van der Waals surface area contributed by atoms with Gasteiger partial charge < -0.3 is 5.73 Å². The molecule has 0 heterocycles. The number of hydrogen-bond acceptors (Lipinski definition) is 1. The molecule has 0 bridgehead atoms. The quantitative estimate of drug-likeness (QED) is 0.844. The topological polar surface area (TPSA) is 26.0 Å². The van der Waals surface area contributed by atoms with E-state index in [0.29, 0.717) is 12.0 Å². The van der Waals surface area contributed by atoms with Crippen molar-refractivity contribution < 1.29 is 4.39 Å². The van der Waals surface area contributed by atoms with Crippen molar-refractivity contribution in [3.05, 3.63) is 34.6 Å². The van der Waals surface area contributed by atoms with E-state index in [0.717, 1.165) is 12.8 Å². The van der Waals surface area contributed by atoms with Crippen molar-refractivity contribution in [2.75, 3.05) is 0 Å². The number of hydrogen-bond donors (Lipinski definition) is 1. The summed E-state index contributed by atoms with van der Waals surface area (Å²) in [6.45, 7) is 2.00. The Hall–Kier alpha value is -0.600. The summed E-state index contributed by atoms with van der Waals surface area (Å²) in [7, 11) is 0. The molecule has 82 valence electrons. The zero-order valence-corrected chi connectivity index (χ0v) is 9.52. The Labute approximate surface area is 94.4 Å². The molecule has 0 spiro atoms. The molecule has 0 radical (unpaired) electrons. The summed E-state index contributed by atoms with van der Waals surface area (Å²) in [4.78, 5) is 0. The number of nitrogens with two attached hydrogens (primary N) is 1. The minimum Gasteiger partial charge on any atom is -0.327 e. The van der Waals surface area contributed by atoms with E-state index in [4.69, 9.17) is 17.3 Å². The highest BCUT2D eigenvalue weighted by Crippen LogP contribution is 2.50. The first-order valence-electron chi connectivity index (χ1n) is 5.24. The van der Waals surface area contributed by atoms with Gasteiger partial charge in [-0.3, -0.25) is 0 Å². The van der Waals surface area contributed by atoms with Crippen LogP contribution in [-0.2, 0) is 6.42 Å². The Morgan fingerprint density at radius 2 is 2.20 bits per heavy atom. The highest BCUT2D eigenvalue weighted by Gasteiger charge is 2.46. The highest BCUT2D eigenvalue weighted by molar-refractivity contribution is 6.30. The van der Waals surface area contributed by atoms with Crippen LogP contribution in [-0.4, -0.2) is 6.04 Å². The fourth-order valence-electron chi connectivity index (χ4n) is 2.02. The van der Waals surface area contributed by atoms with Crippen molar-refractivity contribution in [3.63, 3.8) is 0 Å². The van der Waals surface area contributed by atoms with E-state index < -0.39 is 0 Å². The van der Waals surface area contributed by atoms with Crippen LogP contribution in [0.25, 0.3) is 0 Å². The van der Waals surface area contributed by atoms with Crippen LogP contribution in [0.4, 0.5) is 4.39 Å². The van der Waals surface area contributed by atoms with E-state index in [1.54, 1.807) is 18.2 Å². The molecule has 1 saturated carbocycles. The summed E-state index contributed by atoms with van der Waals surface area (Å²) in [5.41, 5.74) is 6.72. The molecule has 3 heteroatoms. The third kappa shape index (κ3) is 2.01. The summed E-state index contributed by atoms with van der Waals surface area (Å²) in [6, 6.07) is 5.28. The van der Waals surface area contributed by atoms with Gasteiger partial charge in [0, 0.05) is 6.04 Å². The maximum absolute atomic E-state index is 13.7. The molecule has 1 aromatic carbocycles. The third-order valence-corrected chi connectivity index (χ3v) is 3.72. The van der Waals surface area contributed by atoms with Crippen molar-refractivity contribution in [1.82, 2.24) is 0 Å². The van der Waals surface area contributed by atoms with Gasteiger partial charge in [-0.15, -0.1) is 0 Å².